The van der Waals surface area contributed by atoms with Crippen LogP contribution >= 0.6 is 9.39 Å². The van der Waals surface area contributed by atoms with Gasteiger partial charge in [0.25, 0.3) is 0 Å². The molecule has 2 nitrogen and oxygen atoms in total. The van der Waals surface area contributed by atoms with Gasteiger partial charge in [0.05, 0.1) is 0 Å². The van der Waals surface area contributed by atoms with Crippen molar-refractivity contribution < 1.29 is 0 Å². The summed E-state index contributed by atoms with van der Waals surface area (Å²) in [7, 11) is 4.65. The van der Waals surface area contributed by atoms with E-state index in [0.29, 0.717) is 0 Å². The molecule has 0 heterocycles. The molecule has 0 aliphatic rings. The molecule has 0 aliphatic heterocycles. The number of para-hydroxylation sites is 1. The van der Waals surface area contributed by atoms with Crippen molar-refractivity contribution in [2.24, 2.45) is 0 Å². The summed E-state index contributed by atoms with van der Waals surface area (Å²) in [5, 5.41) is 3.11. The summed E-state index contributed by atoms with van der Waals surface area (Å²) < 4.78 is 2.08. The molecule has 0 radical (unpaired) electrons. The first-order valence-corrected chi connectivity index (χ1v) is 5.70. The molecule has 1 N–H and O–H groups in total. The van der Waals surface area contributed by atoms with Crippen LogP contribution in [-0.4, -0.2) is 7.05 Å². The van der Waals surface area contributed by atoms with Gasteiger partial charge in [0.2, 0.25) is 0 Å². The van der Waals surface area contributed by atoms with E-state index in [4.69, 9.17) is 0 Å². The summed E-state index contributed by atoms with van der Waals surface area (Å²) in [6, 6.07) is 18.6. The van der Waals surface area contributed by atoms with E-state index >= 15 is 0 Å². The van der Waals surface area contributed by atoms with E-state index in [0.717, 1.165) is 17.1 Å². The molecule has 2 rings (SSSR count). The molecule has 3 heteroatoms. The fraction of sp³-hybridized carbons (Fsp3) is 0.0769. The molecule has 0 saturated carbocycles. The molecule has 0 spiro atoms. The molecule has 1 unspecified atom stereocenters. The molecular formula is C13H15N2P. The Balaban J connectivity index is 2.24. The van der Waals surface area contributed by atoms with Crippen LogP contribution in [0.25, 0.3) is 0 Å². The highest BCUT2D eigenvalue weighted by molar-refractivity contribution is 7.19. The van der Waals surface area contributed by atoms with E-state index in [1.807, 2.05) is 25.2 Å². The number of hydrogen-bond acceptors (Lipinski definition) is 2. The standard InChI is InChI=1S/C13H15N2P/c1-14-11-7-9-13(10-8-11)15(16)12-5-3-2-4-6-12/h2-10,14H,16H2,1H3. The predicted octanol–water partition coefficient (Wildman–Crippen LogP) is 3.66. The van der Waals surface area contributed by atoms with Crippen molar-refractivity contribution in [1.82, 2.24) is 0 Å². The van der Waals surface area contributed by atoms with Crippen molar-refractivity contribution in [2.45, 2.75) is 0 Å². The summed E-state index contributed by atoms with van der Waals surface area (Å²) in [5.74, 6) is 0. The highest BCUT2D eigenvalue weighted by Crippen LogP contribution is 2.29. The van der Waals surface area contributed by atoms with Gasteiger partial charge in [-0.25, -0.2) is 0 Å². The quantitative estimate of drug-likeness (QED) is 0.809. The fourth-order valence-electron chi connectivity index (χ4n) is 1.53. The van der Waals surface area contributed by atoms with Crippen LogP contribution in [0.4, 0.5) is 17.1 Å². The minimum absolute atomic E-state index is 1.12. The molecule has 82 valence electrons. The molecule has 2 aromatic rings. The maximum Gasteiger partial charge on any atom is 0.0443 e. The zero-order valence-electron chi connectivity index (χ0n) is 9.22. The Kier molecular flexibility index (Phi) is 3.43. The lowest BCUT2D eigenvalue weighted by atomic mass is 10.2. The first kappa shape index (κ1) is 11.0. The third kappa shape index (κ3) is 2.34. The molecule has 0 aromatic heterocycles. The molecule has 1 atom stereocenters. The van der Waals surface area contributed by atoms with Gasteiger partial charge in [0.1, 0.15) is 0 Å². The van der Waals surface area contributed by atoms with Crippen molar-refractivity contribution >= 4 is 26.5 Å². The third-order valence-corrected chi connectivity index (χ3v) is 3.06. The second-order valence-corrected chi connectivity index (χ2v) is 4.02. The lowest BCUT2D eigenvalue weighted by molar-refractivity contribution is 1.42. The number of anilines is 3. The zero-order valence-corrected chi connectivity index (χ0v) is 10.4. The largest absolute Gasteiger partial charge is 0.388 e. The van der Waals surface area contributed by atoms with Crippen LogP contribution in [0.3, 0.4) is 0 Å². The van der Waals surface area contributed by atoms with Crippen LogP contribution in [-0.2, 0) is 0 Å². The Hall–Kier alpha value is -1.53. The number of nitrogens with one attached hydrogen (secondary N) is 1. The first-order valence-electron chi connectivity index (χ1n) is 5.19. The van der Waals surface area contributed by atoms with Gasteiger partial charge < -0.3 is 9.99 Å². The molecule has 0 aliphatic carbocycles. The SMILES string of the molecule is CNc1ccc(N(P)c2ccccc2)cc1. The Morgan fingerprint density at radius 3 is 2.00 bits per heavy atom. The maximum atomic E-state index is 3.11. The van der Waals surface area contributed by atoms with Crippen LogP contribution in [0, 0.1) is 0 Å². The monoisotopic (exact) mass is 230 g/mol. The van der Waals surface area contributed by atoms with Crippen LogP contribution in [0.5, 0.6) is 0 Å². The summed E-state index contributed by atoms with van der Waals surface area (Å²) >= 11 is 0. The second-order valence-electron chi connectivity index (χ2n) is 3.50. The van der Waals surface area contributed by atoms with E-state index in [9.17, 15) is 0 Å². The van der Waals surface area contributed by atoms with Crippen LogP contribution < -0.4 is 9.99 Å². The van der Waals surface area contributed by atoms with Gasteiger partial charge in [-0.1, -0.05) is 18.2 Å². The summed E-state index contributed by atoms with van der Waals surface area (Å²) in [4.78, 5) is 0. The van der Waals surface area contributed by atoms with Crippen LogP contribution in [0.2, 0.25) is 0 Å². The van der Waals surface area contributed by atoms with Gasteiger partial charge in [-0.2, -0.15) is 0 Å². The van der Waals surface area contributed by atoms with E-state index in [-0.39, 0.29) is 0 Å². The van der Waals surface area contributed by atoms with Gasteiger partial charge in [0.15, 0.2) is 0 Å². The number of nitrogens with zero attached hydrogens (tertiary/aromatic N) is 1. The average Bonchev–Trinajstić information content (AvgIpc) is 2.39. The second kappa shape index (κ2) is 5.00. The zero-order chi connectivity index (χ0) is 11.4. The van der Waals surface area contributed by atoms with Crippen molar-refractivity contribution in [3.8, 4) is 0 Å². The molecule has 0 bridgehead atoms. The van der Waals surface area contributed by atoms with Gasteiger partial charge >= 0.3 is 0 Å². The minimum Gasteiger partial charge on any atom is -0.388 e. The van der Waals surface area contributed by atoms with Gasteiger partial charge in [-0.05, 0) is 45.8 Å². The van der Waals surface area contributed by atoms with Gasteiger partial charge in [-0.3, -0.25) is 0 Å². The highest BCUT2D eigenvalue weighted by Gasteiger charge is 2.02. The van der Waals surface area contributed by atoms with Crippen molar-refractivity contribution in [3.63, 3.8) is 0 Å². The van der Waals surface area contributed by atoms with Crippen LogP contribution in [0.15, 0.2) is 54.6 Å². The Morgan fingerprint density at radius 1 is 0.875 bits per heavy atom. The van der Waals surface area contributed by atoms with E-state index in [1.54, 1.807) is 0 Å². The molecule has 0 amide bonds. The summed E-state index contributed by atoms with van der Waals surface area (Å²) in [6.07, 6.45) is 0. The Labute approximate surface area is 98.5 Å². The summed E-state index contributed by atoms with van der Waals surface area (Å²) in [6.45, 7) is 0. The smallest absolute Gasteiger partial charge is 0.0443 e. The fourth-order valence-corrected chi connectivity index (χ4v) is 1.87. The lowest BCUT2D eigenvalue weighted by Gasteiger charge is -2.19. The molecular weight excluding hydrogens is 215 g/mol. The highest BCUT2D eigenvalue weighted by atomic mass is 31.0. The van der Waals surface area contributed by atoms with E-state index in [1.165, 1.54) is 0 Å². The third-order valence-electron chi connectivity index (χ3n) is 2.47. The van der Waals surface area contributed by atoms with Crippen molar-refractivity contribution in [3.05, 3.63) is 54.6 Å². The first-order chi connectivity index (χ1) is 7.81. The topological polar surface area (TPSA) is 15.3 Å². The van der Waals surface area contributed by atoms with Gasteiger partial charge in [0, 0.05) is 24.1 Å². The van der Waals surface area contributed by atoms with Crippen molar-refractivity contribution in [1.29, 1.82) is 0 Å². The molecule has 2 aromatic carbocycles. The lowest BCUT2D eigenvalue weighted by Crippen LogP contribution is -2.00. The number of rotatable bonds is 3. The number of hydrogen-bond donors (Lipinski definition) is 1. The van der Waals surface area contributed by atoms with E-state index in [2.05, 4.69) is 55.8 Å². The Morgan fingerprint density at radius 2 is 1.44 bits per heavy atom. The van der Waals surface area contributed by atoms with Gasteiger partial charge in [-0.15, -0.1) is 0 Å². The Bertz CT molecular complexity index is 439. The molecule has 16 heavy (non-hydrogen) atoms. The minimum atomic E-state index is 1.12. The maximum absolute atomic E-state index is 3.11. The normalized spacial score (nSPS) is 9.88. The summed E-state index contributed by atoms with van der Waals surface area (Å²) in [5.41, 5.74) is 3.43. The van der Waals surface area contributed by atoms with Crippen LogP contribution in [0.1, 0.15) is 0 Å². The molecule has 0 fully saturated rings. The molecule has 0 saturated heterocycles. The number of benzene rings is 2. The predicted molar refractivity (Wildman–Crippen MR) is 74.3 cm³/mol. The average molecular weight is 230 g/mol. The van der Waals surface area contributed by atoms with E-state index < -0.39 is 0 Å². The van der Waals surface area contributed by atoms with Crippen molar-refractivity contribution in [2.75, 3.05) is 17.0 Å².